The van der Waals surface area contributed by atoms with Gasteiger partial charge in [-0.15, -0.1) is 10.1 Å². The molecule has 0 aliphatic rings. The zero-order chi connectivity index (χ0) is 23.6. The van der Waals surface area contributed by atoms with Crippen molar-refractivity contribution in [1.29, 1.82) is 0 Å². The minimum atomic E-state index is -1.50. The number of nitrogens with zero attached hydrogens (tertiary/aromatic N) is 1. The molecule has 0 saturated carbocycles. The molecule has 0 amide bonds. The van der Waals surface area contributed by atoms with E-state index in [2.05, 4.69) is 32.9 Å². The molecule has 0 aromatic heterocycles. The normalized spacial score (nSPS) is 11.7. The van der Waals surface area contributed by atoms with E-state index in [1.807, 2.05) is 0 Å². The van der Waals surface area contributed by atoms with Gasteiger partial charge in [-0.2, -0.15) is 0 Å². The average Bonchev–Trinajstić information content (AvgIpc) is 2.74. The van der Waals surface area contributed by atoms with Gasteiger partial charge in [0.15, 0.2) is 0 Å². The third-order valence-corrected chi connectivity index (χ3v) is 11.5. The fourth-order valence-corrected chi connectivity index (χ4v) is 8.76. The molecule has 0 rings (SSSR count). The van der Waals surface area contributed by atoms with Crippen molar-refractivity contribution in [2.75, 3.05) is 25.5 Å². The van der Waals surface area contributed by atoms with Gasteiger partial charge < -0.3 is 5.21 Å². The molecule has 0 aliphatic carbocycles. The van der Waals surface area contributed by atoms with E-state index >= 15 is 0 Å². The smallest absolute Gasteiger partial charge is 0.291 e. The van der Waals surface area contributed by atoms with Crippen LogP contribution < -0.4 is 5.09 Å². The quantitative estimate of drug-likeness (QED) is 0.0727. The molecule has 6 heteroatoms. The van der Waals surface area contributed by atoms with E-state index in [0.29, 0.717) is 0 Å². The molecule has 0 fully saturated rings. The summed E-state index contributed by atoms with van der Waals surface area (Å²) in [6.07, 6.45) is 30.7. The van der Waals surface area contributed by atoms with Crippen LogP contribution in [0.5, 0.6) is 0 Å². The molecule has 2 N–H and O–H groups in total. The summed E-state index contributed by atoms with van der Waals surface area (Å²) in [5.41, 5.74) is 0. The fraction of sp³-hybridized carbons (Fsp3) is 1.00. The molecule has 5 nitrogen and oxygen atoms in total. The minimum Gasteiger partial charge on any atom is -0.328 e. The molecule has 0 saturated heterocycles. The van der Waals surface area contributed by atoms with E-state index in [-0.39, 0.29) is 0 Å². The van der Waals surface area contributed by atoms with Crippen LogP contribution in [0.15, 0.2) is 0 Å². The Morgan fingerprint density at radius 2 is 0.839 bits per heavy atom. The maximum absolute atomic E-state index is 8.36. The Morgan fingerprint density at radius 3 is 1.06 bits per heavy atom. The zero-order valence-electron chi connectivity index (χ0n) is 21.6. The summed E-state index contributed by atoms with van der Waals surface area (Å²) in [5.74, 6) is 0. The topological polar surface area (TPSA) is 75.4 Å². The van der Waals surface area contributed by atoms with E-state index in [4.69, 9.17) is 15.3 Å². The summed E-state index contributed by atoms with van der Waals surface area (Å²) in [7, 11) is 1.08. The van der Waals surface area contributed by atoms with Gasteiger partial charge >= 0.3 is 174 Å². The van der Waals surface area contributed by atoms with Gasteiger partial charge in [0.05, 0.1) is 0 Å². The Hall–Kier alpha value is -0.410. The van der Waals surface area contributed by atoms with Gasteiger partial charge in [0.2, 0.25) is 0 Å². The van der Waals surface area contributed by atoms with Gasteiger partial charge in [-0.25, -0.2) is 0 Å². The molecule has 0 spiro atoms. The van der Waals surface area contributed by atoms with Crippen molar-refractivity contribution in [2.45, 2.75) is 136 Å². The number of nitrogens with one attached hydrogen (secondary N) is 1. The van der Waals surface area contributed by atoms with Crippen LogP contribution in [0.1, 0.15) is 136 Å². The Morgan fingerprint density at radius 1 is 0.613 bits per heavy atom. The molecule has 0 heterocycles. The molecule has 0 aromatic carbocycles. The number of unbranched alkanes of at least 4 members (excludes halogenated alkanes) is 15. The van der Waals surface area contributed by atoms with Gasteiger partial charge in [0.1, 0.15) is 0 Å². The van der Waals surface area contributed by atoms with Crippen LogP contribution in [-0.4, -0.2) is 35.8 Å². The van der Waals surface area contributed by atoms with Crippen LogP contribution >= 0.6 is 7.41 Å². The second-order valence-corrected chi connectivity index (χ2v) is 13.9. The first-order valence-corrected chi connectivity index (χ1v) is 16.1. The van der Waals surface area contributed by atoms with E-state index in [1.54, 1.807) is 18.5 Å². The first-order valence-electron chi connectivity index (χ1n) is 13.5. The van der Waals surface area contributed by atoms with Crippen LogP contribution in [0.25, 0.3) is 0 Å². The van der Waals surface area contributed by atoms with Crippen molar-refractivity contribution in [3.8, 4) is 0 Å². The van der Waals surface area contributed by atoms with Crippen LogP contribution in [0.3, 0.4) is 0 Å². The molecule has 0 aromatic rings. The van der Waals surface area contributed by atoms with Crippen LogP contribution in [0.2, 0.25) is 0 Å². The van der Waals surface area contributed by atoms with Crippen molar-refractivity contribution in [3.63, 3.8) is 0 Å². The molecular weight excluding hydrogens is 407 g/mol. The Kier molecular flexibility index (Phi) is 27.3. The van der Waals surface area contributed by atoms with Crippen molar-refractivity contribution in [3.05, 3.63) is 10.1 Å². The fourth-order valence-electron chi connectivity index (χ4n) is 4.48. The number of rotatable bonds is 22. The van der Waals surface area contributed by atoms with Gasteiger partial charge in [-0.05, 0) is 0 Å². The zero-order valence-corrected chi connectivity index (χ0v) is 22.6. The summed E-state index contributed by atoms with van der Waals surface area (Å²) in [5, 5.41) is 17.6. The molecule has 0 aliphatic heterocycles. The molecule has 0 unspecified atom stereocenters. The van der Waals surface area contributed by atoms with E-state index < -0.39 is 12.5 Å². The Bertz CT molecular complexity index is 326. The number of hydrogen-bond donors (Lipinski definition) is 2. The summed E-state index contributed by atoms with van der Waals surface area (Å²) in [6, 6.07) is 0. The Balaban J connectivity index is 0. The summed E-state index contributed by atoms with van der Waals surface area (Å²) >= 11 is 0. The van der Waals surface area contributed by atoms with Crippen molar-refractivity contribution in [1.82, 2.24) is 5.09 Å². The molecule has 0 radical (unpaired) electrons. The van der Waals surface area contributed by atoms with Crippen molar-refractivity contribution >= 4 is 7.41 Å². The molecule has 0 bridgehead atoms. The van der Waals surface area contributed by atoms with E-state index in [0.717, 1.165) is 0 Å². The second kappa shape index (κ2) is 25.8. The third-order valence-electron chi connectivity index (χ3n) is 6.56. The molecular formula is C25H57N2O3P. The first kappa shape index (κ1) is 32.8. The van der Waals surface area contributed by atoms with E-state index in [1.165, 1.54) is 116 Å². The van der Waals surface area contributed by atoms with Gasteiger partial charge in [-0.3, -0.25) is 0 Å². The number of hydrogen-bond acceptors (Lipinski definition) is 3. The summed E-state index contributed by atoms with van der Waals surface area (Å²) in [4.78, 5) is 8.36. The van der Waals surface area contributed by atoms with E-state index in [9.17, 15) is 0 Å². The van der Waals surface area contributed by atoms with Crippen LogP contribution in [0, 0.1) is 10.1 Å². The summed E-state index contributed by atoms with van der Waals surface area (Å²) < 4.78 is 0. The second-order valence-electron chi connectivity index (χ2n) is 9.32. The summed E-state index contributed by atoms with van der Waals surface area (Å²) in [6.45, 7) is 6.96. The molecule has 190 valence electrons. The maximum atomic E-state index is 8.36. The average molecular weight is 465 g/mol. The van der Waals surface area contributed by atoms with Crippen LogP contribution in [-0.2, 0) is 0 Å². The third kappa shape index (κ3) is 25.7. The van der Waals surface area contributed by atoms with Crippen LogP contribution in [0.4, 0.5) is 0 Å². The minimum absolute atomic E-state index is 1.22. The van der Waals surface area contributed by atoms with Gasteiger partial charge in [0, 0.05) is 0 Å². The van der Waals surface area contributed by atoms with Crippen molar-refractivity contribution < 1.29 is 10.3 Å². The monoisotopic (exact) mass is 464 g/mol. The maximum Gasteiger partial charge on any atom is 0.291 e. The van der Waals surface area contributed by atoms with Crippen molar-refractivity contribution in [2.24, 2.45) is 0 Å². The predicted octanol–water partition coefficient (Wildman–Crippen LogP) is 8.60. The van der Waals surface area contributed by atoms with Gasteiger partial charge in [0.25, 0.3) is 5.09 Å². The largest absolute Gasteiger partial charge is 0.328 e. The molecule has 31 heavy (non-hydrogen) atoms. The predicted molar refractivity (Wildman–Crippen MR) is 141 cm³/mol. The van der Waals surface area contributed by atoms with Gasteiger partial charge in [-0.1, -0.05) is 0 Å². The Labute approximate surface area is 195 Å². The molecule has 0 atom stereocenters. The first-order chi connectivity index (χ1) is 15.0. The standard InChI is InChI=1S/C25H56NP.HNO3/c1-5-8-11-14-17-20-23-27(26-4,24-21-18-15-12-9-6-2)25-22-19-16-13-10-7-3;2-1(3)4/h26-27H,5-25H2,1-4H3;(H,2,3,4). The SMILES string of the molecule is CCCCCCCC[PH](CCCCCCCC)(CCCCCCCC)NC.O=[N+]([O-])O.